The number of rotatable bonds is 3. The second kappa shape index (κ2) is 5.29. The van der Waals surface area contributed by atoms with Crippen molar-refractivity contribution in [3.63, 3.8) is 0 Å². The van der Waals surface area contributed by atoms with Gasteiger partial charge in [0, 0.05) is 26.2 Å². The highest BCUT2D eigenvalue weighted by Crippen LogP contribution is 2.21. The lowest BCUT2D eigenvalue weighted by Gasteiger charge is -2.22. The van der Waals surface area contributed by atoms with Crippen molar-refractivity contribution in [1.82, 2.24) is 4.90 Å². The van der Waals surface area contributed by atoms with Crippen LogP contribution < -0.4 is 5.73 Å². The Kier molecular flexibility index (Phi) is 3.76. The van der Waals surface area contributed by atoms with Gasteiger partial charge in [0.1, 0.15) is 0 Å². The van der Waals surface area contributed by atoms with E-state index in [0.717, 1.165) is 18.5 Å². The van der Waals surface area contributed by atoms with Crippen molar-refractivity contribution in [1.29, 1.82) is 0 Å². The Labute approximate surface area is 101 Å². The number of nitrogens with zero attached hydrogens (tertiary/aromatic N) is 1. The highest BCUT2D eigenvalue weighted by Gasteiger charge is 2.30. The molecule has 2 rings (SSSR count). The molecule has 1 saturated heterocycles. The second-order valence-corrected chi connectivity index (χ2v) is 4.36. The van der Waals surface area contributed by atoms with Crippen LogP contribution in [0.2, 0.25) is 0 Å². The minimum Gasteiger partial charge on any atom is -0.367 e. The molecule has 4 nitrogen and oxygen atoms in total. The van der Waals surface area contributed by atoms with E-state index < -0.39 is 6.10 Å². The summed E-state index contributed by atoms with van der Waals surface area (Å²) < 4.78 is 5.31. The number of carbonyl (C=O) groups is 1. The Morgan fingerprint density at radius 1 is 1.47 bits per heavy atom. The summed E-state index contributed by atoms with van der Waals surface area (Å²) >= 11 is 0. The Bertz CT molecular complexity index is 380. The molecule has 1 fully saturated rings. The molecule has 0 aromatic heterocycles. The topological polar surface area (TPSA) is 55.6 Å². The minimum atomic E-state index is -0.513. The fourth-order valence-electron chi connectivity index (χ4n) is 2.16. The Balaban J connectivity index is 2.11. The maximum atomic E-state index is 12.3. The van der Waals surface area contributed by atoms with Crippen LogP contribution in [0.25, 0.3) is 0 Å². The lowest BCUT2D eigenvalue weighted by Crippen LogP contribution is -2.36. The van der Waals surface area contributed by atoms with E-state index in [1.165, 1.54) is 0 Å². The SMILES string of the molecule is COC(C(=O)N1CCC(N)C1)c1ccccc1. The molecule has 1 aliphatic rings. The summed E-state index contributed by atoms with van der Waals surface area (Å²) in [5.74, 6) is 0.00616. The van der Waals surface area contributed by atoms with Crippen LogP contribution in [0.3, 0.4) is 0 Å². The smallest absolute Gasteiger partial charge is 0.256 e. The molecule has 92 valence electrons. The van der Waals surface area contributed by atoms with Crippen molar-refractivity contribution in [3.8, 4) is 0 Å². The van der Waals surface area contributed by atoms with Gasteiger partial charge in [-0.3, -0.25) is 4.79 Å². The van der Waals surface area contributed by atoms with Crippen LogP contribution >= 0.6 is 0 Å². The molecule has 17 heavy (non-hydrogen) atoms. The van der Waals surface area contributed by atoms with E-state index in [1.807, 2.05) is 30.3 Å². The van der Waals surface area contributed by atoms with Crippen molar-refractivity contribution < 1.29 is 9.53 Å². The first kappa shape index (κ1) is 12.1. The van der Waals surface area contributed by atoms with E-state index in [9.17, 15) is 4.79 Å². The molecule has 0 aliphatic carbocycles. The van der Waals surface area contributed by atoms with Crippen molar-refractivity contribution in [2.24, 2.45) is 5.73 Å². The fraction of sp³-hybridized carbons (Fsp3) is 0.462. The normalized spacial score (nSPS) is 21.5. The number of hydrogen-bond acceptors (Lipinski definition) is 3. The maximum absolute atomic E-state index is 12.3. The largest absolute Gasteiger partial charge is 0.367 e. The zero-order chi connectivity index (χ0) is 12.3. The highest BCUT2D eigenvalue weighted by molar-refractivity contribution is 5.82. The summed E-state index contributed by atoms with van der Waals surface area (Å²) in [7, 11) is 1.56. The molecular weight excluding hydrogens is 216 g/mol. The standard InChI is InChI=1S/C13H18N2O2/c1-17-12(10-5-3-2-4-6-10)13(16)15-8-7-11(14)9-15/h2-6,11-12H,7-9,14H2,1H3. The summed E-state index contributed by atoms with van der Waals surface area (Å²) in [6, 6.07) is 9.65. The Morgan fingerprint density at radius 2 is 2.18 bits per heavy atom. The zero-order valence-corrected chi connectivity index (χ0v) is 10.0. The van der Waals surface area contributed by atoms with Gasteiger partial charge < -0.3 is 15.4 Å². The summed E-state index contributed by atoms with van der Waals surface area (Å²) in [5, 5.41) is 0. The summed E-state index contributed by atoms with van der Waals surface area (Å²) in [6.45, 7) is 1.36. The number of methoxy groups -OCH3 is 1. The molecule has 1 amide bonds. The quantitative estimate of drug-likeness (QED) is 0.846. The van der Waals surface area contributed by atoms with Crippen LogP contribution in [0, 0.1) is 0 Å². The predicted molar refractivity (Wildman–Crippen MR) is 65.4 cm³/mol. The highest BCUT2D eigenvalue weighted by atomic mass is 16.5. The average Bonchev–Trinajstić information content (AvgIpc) is 2.78. The molecular formula is C13H18N2O2. The third-order valence-corrected chi connectivity index (χ3v) is 3.10. The number of hydrogen-bond donors (Lipinski definition) is 1. The molecule has 1 aromatic carbocycles. The third-order valence-electron chi connectivity index (χ3n) is 3.10. The molecule has 1 aliphatic heterocycles. The molecule has 0 radical (unpaired) electrons. The lowest BCUT2D eigenvalue weighted by molar-refractivity contribution is -0.141. The van der Waals surface area contributed by atoms with Crippen LogP contribution in [0.1, 0.15) is 18.1 Å². The molecule has 4 heteroatoms. The van der Waals surface area contributed by atoms with E-state index in [2.05, 4.69) is 0 Å². The van der Waals surface area contributed by atoms with Crippen molar-refractivity contribution >= 4 is 5.91 Å². The zero-order valence-electron chi connectivity index (χ0n) is 10.0. The summed E-state index contributed by atoms with van der Waals surface area (Å²) in [5.41, 5.74) is 6.70. The van der Waals surface area contributed by atoms with Gasteiger partial charge in [-0.05, 0) is 12.0 Å². The van der Waals surface area contributed by atoms with E-state index in [0.29, 0.717) is 6.54 Å². The molecule has 0 spiro atoms. The first-order valence-corrected chi connectivity index (χ1v) is 5.84. The molecule has 1 heterocycles. The van der Waals surface area contributed by atoms with E-state index in [1.54, 1.807) is 12.0 Å². The number of ether oxygens (including phenoxy) is 1. The number of carbonyl (C=O) groups excluding carboxylic acids is 1. The minimum absolute atomic E-state index is 0.00616. The third kappa shape index (κ3) is 2.65. The molecule has 1 aromatic rings. The van der Waals surface area contributed by atoms with Crippen molar-refractivity contribution in [2.75, 3.05) is 20.2 Å². The number of likely N-dealkylation sites (tertiary alicyclic amines) is 1. The van der Waals surface area contributed by atoms with Gasteiger partial charge in [-0.25, -0.2) is 0 Å². The van der Waals surface area contributed by atoms with Gasteiger partial charge in [-0.1, -0.05) is 30.3 Å². The lowest BCUT2D eigenvalue weighted by atomic mass is 10.1. The van der Waals surface area contributed by atoms with Crippen LogP contribution in [0.15, 0.2) is 30.3 Å². The van der Waals surface area contributed by atoms with Gasteiger partial charge in [0.25, 0.3) is 5.91 Å². The van der Waals surface area contributed by atoms with Gasteiger partial charge in [0.2, 0.25) is 0 Å². The maximum Gasteiger partial charge on any atom is 0.256 e. The predicted octanol–water partition coefficient (Wildman–Crippen LogP) is 0.934. The number of benzene rings is 1. The van der Waals surface area contributed by atoms with Crippen LogP contribution in [0.5, 0.6) is 0 Å². The van der Waals surface area contributed by atoms with Crippen molar-refractivity contribution in [3.05, 3.63) is 35.9 Å². The van der Waals surface area contributed by atoms with E-state index >= 15 is 0 Å². The van der Waals surface area contributed by atoms with Crippen LogP contribution in [0.4, 0.5) is 0 Å². The Hall–Kier alpha value is -1.39. The van der Waals surface area contributed by atoms with Crippen molar-refractivity contribution in [2.45, 2.75) is 18.6 Å². The summed E-state index contributed by atoms with van der Waals surface area (Å²) in [4.78, 5) is 14.1. The van der Waals surface area contributed by atoms with Gasteiger partial charge in [0.15, 0.2) is 6.10 Å². The number of amides is 1. The van der Waals surface area contributed by atoms with Gasteiger partial charge >= 0.3 is 0 Å². The average molecular weight is 234 g/mol. The van der Waals surface area contributed by atoms with Gasteiger partial charge in [-0.15, -0.1) is 0 Å². The summed E-state index contributed by atoms with van der Waals surface area (Å²) in [6.07, 6.45) is 0.359. The van der Waals surface area contributed by atoms with Gasteiger partial charge in [-0.2, -0.15) is 0 Å². The Morgan fingerprint density at radius 3 is 2.71 bits per heavy atom. The van der Waals surface area contributed by atoms with Crippen LogP contribution in [-0.4, -0.2) is 37.0 Å². The first-order valence-electron chi connectivity index (χ1n) is 5.84. The monoisotopic (exact) mass is 234 g/mol. The molecule has 2 N–H and O–H groups in total. The fourth-order valence-corrected chi connectivity index (χ4v) is 2.16. The number of nitrogens with two attached hydrogens (primary N) is 1. The van der Waals surface area contributed by atoms with E-state index in [4.69, 9.17) is 10.5 Å². The molecule has 2 atom stereocenters. The molecule has 0 bridgehead atoms. The van der Waals surface area contributed by atoms with Gasteiger partial charge in [0.05, 0.1) is 0 Å². The molecule has 0 saturated carbocycles. The first-order chi connectivity index (χ1) is 8.22. The van der Waals surface area contributed by atoms with Crippen LogP contribution in [-0.2, 0) is 9.53 Å². The molecule has 2 unspecified atom stereocenters. The second-order valence-electron chi connectivity index (χ2n) is 4.36. The van der Waals surface area contributed by atoms with E-state index in [-0.39, 0.29) is 11.9 Å².